The van der Waals surface area contributed by atoms with E-state index in [1.807, 2.05) is 26.9 Å². The average molecular weight is 277 g/mol. The van der Waals surface area contributed by atoms with E-state index in [1.165, 1.54) is 7.05 Å². The van der Waals surface area contributed by atoms with E-state index in [0.717, 1.165) is 0 Å². The van der Waals surface area contributed by atoms with E-state index >= 15 is 0 Å². The van der Waals surface area contributed by atoms with Crippen LogP contribution in [0.3, 0.4) is 0 Å². The van der Waals surface area contributed by atoms with Crippen LogP contribution < -0.4 is 10.1 Å². The summed E-state index contributed by atoms with van der Waals surface area (Å²) in [5, 5.41) is 2.36. The van der Waals surface area contributed by atoms with Crippen LogP contribution in [0.2, 0.25) is 0 Å². The van der Waals surface area contributed by atoms with Crippen molar-refractivity contribution in [3.63, 3.8) is 0 Å². The van der Waals surface area contributed by atoms with Crippen molar-refractivity contribution in [3.05, 3.63) is 29.8 Å². The molecule has 1 amide bonds. The number of hydrogen-bond acceptors (Lipinski definition) is 4. The summed E-state index contributed by atoms with van der Waals surface area (Å²) in [6.07, 6.45) is 7.21. The molecular weight excluding hydrogens is 258 g/mol. The second-order valence-corrected chi connectivity index (χ2v) is 4.63. The number of para-hydroxylation sites is 1. The fraction of sp³-hybridized carbons (Fsp3) is 0.333. The van der Waals surface area contributed by atoms with Gasteiger partial charge in [0.25, 0.3) is 0 Å². The number of amides is 1. The molecule has 5 nitrogen and oxygen atoms in total. The second-order valence-electron chi connectivity index (χ2n) is 4.63. The molecule has 5 heteroatoms. The molecule has 0 saturated heterocycles. The first-order valence-electron chi connectivity index (χ1n) is 5.91. The molecule has 0 fully saturated rings. The van der Waals surface area contributed by atoms with Crippen LogP contribution in [0.15, 0.2) is 24.3 Å². The smallest absolute Gasteiger partial charge is 0.407 e. The highest BCUT2D eigenvalue weighted by molar-refractivity contribution is 5.79. The van der Waals surface area contributed by atoms with E-state index in [4.69, 9.17) is 15.9 Å². The van der Waals surface area contributed by atoms with Crippen LogP contribution in [0.5, 0.6) is 5.75 Å². The van der Waals surface area contributed by atoms with Gasteiger partial charge in [-0.3, -0.25) is 4.79 Å². The molecule has 0 aliphatic carbocycles. The van der Waals surface area contributed by atoms with E-state index in [-0.39, 0.29) is 11.7 Å². The van der Waals surface area contributed by atoms with Gasteiger partial charge in [-0.25, -0.2) is 4.79 Å². The van der Waals surface area contributed by atoms with Gasteiger partial charge in [-0.1, -0.05) is 18.6 Å². The number of alkyl carbamates (subject to hydrolysis) is 1. The Morgan fingerprint density at radius 1 is 1.35 bits per heavy atom. The molecule has 1 rings (SSSR count). The van der Waals surface area contributed by atoms with Gasteiger partial charge in [0, 0.05) is 7.05 Å². The van der Waals surface area contributed by atoms with Crippen LogP contribution in [0.4, 0.5) is 4.79 Å². The Balaban J connectivity index is 0.000000370. The van der Waals surface area contributed by atoms with Crippen molar-refractivity contribution in [2.24, 2.45) is 0 Å². The summed E-state index contributed by atoms with van der Waals surface area (Å²) in [5.74, 6) is 0.421. The number of terminal acetylenes is 1. The van der Waals surface area contributed by atoms with Crippen molar-refractivity contribution in [3.8, 4) is 18.3 Å². The molecule has 0 bridgehead atoms. The number of rotatable bonds is 2. The van der Waals surface area contributed by atoms with Gasteiger partial charge in [0.05, 0.1) is 5.56 Å². The van der Waals surface area contributed by atoms with Gasteiger partial charge < -0.3 is 14.8 Å². The summed E-state index contributed by atoms with van der Waals surface area (Å²) in [6, 6.07) is 6.77. The van der Waals surface area contributed by atoms with Crippen LogP contribution in [-0.2, 0) is 4.74 Å². The van der Waals surface area contributed by atoms with E-state index in [0.29, 0.717) is 17.6 Å². The number of carbonyl (C=O) groups is 2. The summed E-state index contributed by atoms with van der Waals surface area (Å²) < 4.78 is 9.56. The zero-order valence-electron chi connectivity index (χ0n) is 12.1. The fourth-order valence-corrected chi connectivity index (χ4v) is 1.06. The van der Waals surface area contributed by atoms with E-state index in [2.05, 4.69) is 5.32 Å². The molecule has 1 aromatic rings. The third-order valence-corrected chi connectivity index (χ3v) is 1.82. The topological polar surface area (TPSA) is 64.6 Å². The molecule has 1 aromatic carbocycles. The molecule has 0 aliphatic heterocycles. The SMILES string of the molecule is C#COc1ccccc1C=O.CNC(=O)OC(C)(C)C. The maximum Gasteiger partial charge on any atom is 0.407 e. The maximum atomic E-state index is 10.5. The molecule has 0 unspecified atom stereocenters. The largest absolute Gasteiger partial charge is 0.444 e. The Hall–Kier alpha value is -2.48. The van der Waals surface area contributed by atoms with Crippen molar-refractivity contribution < 1.29 is 19.1 Å². The molecule has 0 aromatic heterocycles. The minimum Gasteiger partial charge on any atom is -0.444 e. The van der Waals surface area contributed by atoms with Crippen LogP contribution in [0, 0.1) is 12.5 Å². The monoisotopic (exact) mass is 277 g/mol. The lowest BCUT2D eigenvalue weighted by Crippen LogP contribution is -2.30. The van der Waals surface area contributed by atoms with Crippen molar-refractivity contribution in [2.45, 2.75) is 26.4 Å². The summed E-state index contributed by atoms with van der Waals surface area (Å²) in [7, 11) is 1.54. The molecular formula is C15H19NO4. The van der Waals surface area contributed by atoms with Crippen LogP contribution in [0.1, 0.15) is 31.1 Å². The van der Waals surface area contributed by atoms with E-state index in [1.54, 1.807) is 24.3 Å². The summed E-state index contributed by atoms with van der Waals surface area (Å²) in [4.78, 5) is 20.8. The number of nitrogens with one attached hydrogen (secondary N) is 1. The van der Waals surface area contributed by atoms with Gasteiger partial charge in [0.2, 0.25) is 0 Å². The number of carbonyl (C=O) groups excluding carboxylic acids is 2. The Labute approximate surface area is 119 Å². The Bertz CT molecular complexity index is 483. The van der Waals surface area contributed by atoms with Crippen molar-refractivity contribution in [1.29, 1.82) is 0 Å². The maximum absolute atomic E-state index is 10.5. The highest BCUT2D eigenvalue weighted by Crippen LogP contribution is 2.14. The highest BCUT2D eigenvalue weighted by atomic mass is 16.6. The zero-order valence-corrected chi connectivity index (χ0v) is 12.1. The third-order valence-electron chi connectivity index (χ3n) is 1.82. The normalized spacial score (nSPS) is 9.35. The van der Waals surface area contributed by atoms with Crippen molar-refractivity contribution in [1.82, 2.24) is 5.32 Å². The lowest BCUT2D eigenvalue weighted by atomic mass is 10.2. The number of hydrogen-bond donors (Lipinski definition) is 1. The van der Waals surface area contributed by atoms with Gasteiger partial charge >= 0.3 is 6.09 Å². The predicted octanol–water partition coefficient (Wildman–Crippen LogP) is 2.61. The van der Waals surface area contributed by atoms with Gasteiger partial charge in [0.15, 0.2) is 12.0 Å². The molecule has 0 saturated carbocycles. The standard InChI is InChI=1S/C9H6O2.C6H13NO2/c1-2-11-9-6-4-3-5-8(9)7-10;1-6(2,3)9-5(8)7-4/h1,3-7H;1-4H3,(H,7,8). The Morgan fingerprint density at radius 3 is 2.35 bits per heavy atom. The number of ether oxygens (including phenoxy) is 2. The summed E-state index contributed by atoms with van der Waals surface area (Å²) >= 11 is 0. The van der Waals surface area contributed by atoms with Crippen molar-refractivity contribution in [2.75, 3.05) is 7.05 Å². The molecule has 0 heterocycles. The first-order valence-corrected chi connectivity index (χ1v) is 5.91. The average Bonchev–Trinajstić information content (AvgIpc) is 2.38. The molecule has 0 radical (unpaired) electrons. The predicted molar refractivity (Wildman–Crippen MR) is 76.6 cm³/mol. The summed E-state index contributed by atoms with van der Waals surface area (Å²) in [5.41, 5.74) is 0.0746. The molecule has 0 atom stereocenters. The van der Waals surface area contributed by atoms with Gasteiger partial charge in [-0.15, -0.1) is 0 Å². The molecule has 20 heavy (non-hydrogen) atoms. The second kappa shape index (κ2) is 8.59. The highest BCUT2D eigenvalue weighted by Gasteiger charge is 2.13. The van der Waals surface area contributed by atoms with E-state index < -0.39 is 0 Å². The minimum absolute atomic E-state index is 0.387. The Morgan fingerprint density at radius 2 is 1.95 bits per heavy atom. The summed E-state index contributed by atoms with van der Waals surface area (Å²) in [6.45, 7) is 5.46. The molecule has 108 valence electrons. The number of aldehydes is 1. The molecule has 0 aliphatic rings. The first-order chi connectivity index (χ1) is 9.34. The van der Waals surface area contributed by atoms with E-state index in [9.17, 15) is 9.59 Å². The zero-order chi connectivity index (χ0) is 15.6. The lowest BCUT2D eigenvalue weighted by molar-refractivity contribution is 0.0541. The van der Waals surface area contributed by atoms with Gasteiger partial charge in [-0.2, -0.15) is 0 Å². The van der Waals surface area contributed by atoms with Crippen LogP contribution in [-0.4, -0.2) is 25.0 Å². The van der Waals surface area contributed by atoms with Gasteiger partial charge in [-0.05, 0) is 32.9 Å². The molecule has 1 N–H and O–H groups in total. The van der Waals surface area contributed by atoms with Crippen LogP contribution in [0.25, 0.3) is 0 Å². The Kier molecular flexibility index (Phi) is 7.53. The van der Waals surface area contributed by atoms with Gasteiger partial charge in [0.1, 0.15) is 11.7 Å². The minimum atomic E-state index is -0.389. The first kappa shape index (κ1) is 17.5. The van der Waals surface area contributed by atoms with Crippen LogP contribution >= 0.6 is 0 Å². The lowest BCUT2D eigenvalue weighted by Gasteiger charge is -2.18. The number of benzene rings is 1. The quantitative estimate of drug-likeness (QED) is 0.666. The third kappa shape index (κ3) is 7.77. The fourth-order valence-electron chi connectivity index (χ4n) is 1.06. The molecule has 0 spiro atoms. The van der Waals surface area contributed by atoms with Crippen molar-refractivity contribution >= 4 is 12.4 Å².